The van der Waals surface area contributed by atoms with Crippen LogP contribution in [0.4, 0.5) is 0 Å². The van der Waals surface area contributed by atoms with Crippen LogP contribution in [0, 0.1) is 6.92 Å². The van der Waals surface area contributed by atoms with E-state index in [4.69, 9.17) is 4.42 Å². The summed E-state index contributed by atoms with van der Waals surface area (Å²) in [5, 5.41) is 11.3. The molecule has 0 unspecified atom stereocenters. The summed E-state index contributed by atoms with van der Waals surface area (Å²) in [6.45, 7) is 5.83. The van der Waals surface area contributed by atoms with Crippen LogP contribution < -0.4 is 5.32 Å². The topological polar surface area (TPSA) is 51.0 Å². The summed E-state index contributed by atoms with van der Waals surface area (Å²) in [6, 6.07) is 8.34. The highest BCUT2D eigenvalue weighted by atomic mass is 16.4. The number of hydrogen-bond donors (Lipinski definition) is 1. The van der Waals surface area contributed by atoms with Gasteiger partial charge in [-0.1, -0.05) is 36.8 Å². The van der Waals surface area contributed by atoms with Gasteiger partial charge in [0.25, 0.3) is 0 Å². The van der Waals surface area contributed by atoms with Crippen molar-refractivity contribution in [2.75, 3.05) is 6.54 Å². The minimum atomic E-state index is 0.647. The number of aryl methyl sites for hydroxylation is 1. The molecule has 2 rings (SSSR count). The predicted molar refractivity (Wildman–Crippen MR) is 70.3 cm³/mol. The molecule has 1 aromatic heterocycles. The van der Waals surface area contributed by atoms with E-state index < -0.39 is 0 Å². The monoisotopic (exact) mass is 245 g/mol. The SMILES string of the molecule is CCCNCc1nnc(Cc2cccc(C)c2)o1. The first kappa shape index (κ1) is 12.8. The van der Waals surface area contributed by atoms with E-state index in [0.717, 1.165) is 13.0 Å². The van der Waals surface area contributed by atoms with E-state index in [1.54, 1.807) is 0 Å². The summed E-state index contributed by atoms with van der Waals surface area (Å²) in [4.78, 5) is 0. The Balaban J connectivity index is 1.94. The Hall–Kier alpha value is -1.68. The van der Waals surface area contributed by atoms with Gasteiger partial charge in [0.05, 0.1) is 13.0 Å². The molecule has 0 spiro atoms. The summed E-state index contributed by atoms with van der Waals surface area (Å²) in [5.74, 6) is 1.33. The summed E-state index contributed by atoms with van der Waals surface area (Å²) >= 11 is 0. The Morgan fingerprint density at radius 2 is 2.06 bits per heavy atom. The molecule has 0 radical (unpaired) electrons. The van der Waals surface area contributed by atoms with Crippen molar-refractivity contribution in [3.63, 3.8) is 0 Å². The molecule has 1 aromatic carbocycles. The molecule has 0 saturated carbocycles. The van der Waals surface area contributed by atoms with Crippen LogP contribution in [0.2, 0.25) is 0 Å². The van der Waals surface area contributed by atoms with Gasteiger partial charge < -0.3 is 9.73 Å². The summed E-state index contributed by atoms with van der Waals surface area (Å²) in [6.07, 6.45) is 1.80. The van der Waals surface area contributed by atoms with Crippen LogP contribution in [0.5, 0.6) is 0 Å². The lowest BCUT2D eigenvalue weighted by Gasteiger charge is -1.99. The summed E-state index contributed by atoms with van der Waals surface area (Å²) in [5.41, 5.74) is 2.45. The van der Waals surface area contributed by atoms with E-state index in [-0.39, 0.29) is 0 Å². The van der Waals surface area contributed by atoms with Crippen LogP contribution in [0.1, 0.15) is 36.3 Å². The lowest BCUT2D eigenvalue weighted by Crippen LogP contribution is -2.13. The molecule has 0 amide bonds. The van der Waals surface area contributed by atoms with Gasteiger partial charge in [0.1, 0.15) is 0 Å². The molecule has 4 nitrogen and oxygen atoms in total. The zero-order chi connectivity index (χ0) is 12.8. The lowest BCUT2D eigenvalue weighted by molar-refractivity contribution is 0.439. The maximum Gasteiger partial charge on any atom is 0.230 e. The van der Waals surface area contributed by atoms with Crippen LogP contribution in [-0.2, 0) is 13.0 Å². The first-order valence-corrected chi connectivity index (χ1v) is 6.35. The lowest BCUT2D eigenvalue weighted by atomic mass is 10.1. The first-order valence-electron chi connectivity index (χ1n) is 6.35. The Labute approximate surface area is 107 Å². The average molecular weight is 245 g/mol. The molecular weight excluding hydrogens is 226 g/mol. The molecule has 0 aliphatic carbocycles. The van der Waals surface area contributed by atoms with E-state index in [1.165, 1.54) is 11.1 Å². The zero-order valence-electron chi connectivity index (χ0n) is 10.9. The molecule has 0 saturated heterocycles. The highest BCUT2D eigenvalue weighted by Gasteiger charge is 2.06. The molecule has 2 aromatic rings. The fourth-order valence-electron chi connectivity index (χ4n) is 1.80. The van der Waals surface area contributed by atoms with Gasteiger partial charge in [-0.25, -0.2) is 0 Å². The normalized spacial score (nSPS) is 10.8. The van der Waals surface area contributed by atoms with Crippen LogP contribution in [0.15, 0.2) is 28.7 Å². The number of hydrogen-bond acceptors (Lipinski definition) is 4. The Morgan fingerprint density at radius 1 is 1.22 bits per heavy atom. The minimum absolute atomic E-state index is 0.647. The van der Waals surface area contributed by atoms with E-state index in [9.17, 15) is 0 Å². The standard InChI is InChI=1S/C14H19N3O/c1-3-7-15-10-14-17-16-13(18-14)9-12-6-4-5-11(2)8-12/h4-6,8,15H,3,7,9-10H2,1-2H3. The van der Waals surface area contributed by atoms with Crippen LogP contribution >= 0.6 is 0 Å². The van der Waals surface area contributed by atoms with Crippen molar-refractivity contribution in [3.05, 3.63) is 47.2 Å². The molecule has 0 bridgehead atoms. The Morgan fingerprint density at radius 3 is 2.83 bits per heavy atom. The van der Waals surface area contributed by atoms with Gasteiger partial charge in [-0.05, 0) is 25.5 Å². The second kappa shape index (κ2) is 6.31. The van der Waals surface area contributed by atoms with Crippen molar-refractivity contribution >= 4 is 0 Å². The first-order chi connectivity index (χ1) is 8.78. The highest BCUT2D eigenvalue weighted by Crippen LogP contribution is 2.10. The van der Waals surface area contributed by atoms with Gasteiger partial charge in [0.2, 0.25) is 11.8 Å². The molecule has 1 N–H and O–H groups in total. The van der Waals surface area contributed by atoms with Crippen LogP contribution in [0.25, 0.3) is 0 Å². The molecule has 0 atom stereocenters. The van der Waals surface area contributed by atoms with Gasteiger partial charge in [-0.3, -0.25) is 0 Å². The minimum Gasteiger partial charge on any atom is -0.424 e. The molecular formula is C14H19N3O. The molecule has 18 heavy (non-hydrogen) atoms. The van der Waals surface area contributed by atoms with Gasteiger partial charge in [-0.15, -0.1) is 10.2 Å². The van der Waals surface area contributed by atoms with Gasteiger partial charge in [0.15, 0.2) is 0 Å². The number of benzene rings is 1. The van der Waals surface area contributed by atoms with Crippen molar-refractivity contribution in [2.45, 2.75) is 33.2 Å². The maximum atomic E-state index is 5.59. The summed E-state index contributed by atoms with van der Waals surface area (Å²) < 4.78 is 5.59. The third-order valence-electron chi connectivity index (χ3n) is 2.65. The van der Waals surface area contributed by atoms with Gasteiger partial charge in [-0.2, -0.15) is 0 Å². The fourth-order valence-corrected chi connectivity index (χ4v) is 1.80. The van der Waals surface area contributed by atoms with E-state index in [2.05, 4.69) is 47.6 Å². The third-order valence-corrected chi connectivity index (χ3v) is 2.65. The molecule has 4 heteroatoms. The van der Waals surface area contributed by atoms with Gasteiger partial charge in [0, 0.05) is 0 Å². The average Bonchev–Trinajstić information content (AvgIpc) is 2.77. The largest absolute Gasteiger partial charge is 0.424 e. The molecule has 0 aliphatic rings. The Kier molecular flexibility index (Phi) is 4.47. The van der Waals surface area contributed by atoms with Crippen LogP contribution in [0.3, 0.4) is 0 Å². The second-order valence-corrected chi connectivity index (χ2v) is 4.43. The summed E-state index contributed by atoms with van der Waals surface area (Å²) in [7, 11) is 0. The molecule has 0 aliphatic heterocycles. The number of nitrogens with one attached hydrogen (secondary N) is 1. The van der Waals surface area contributed by atoms with Crippen molar-refractivity contribution in [1.82, 2.24) is 15.5 Å². The maximum absolute atomic E-state index is 5.59. The predicted octanol–water partition coefficient (Wildman–Crippen LogP) is 2.47. The highest BCUT2D eigenvalue weighted by molar-refractivity contribution is 5.24. The molecule has 96 valence electrons. The zero-order valence-corrected chi connectivity index (χ0v) is 10.9. The van der Waals surface area contributed by atoms with E-state index >= 15 is 0 Å². The van der Waals surface area contributed by atoms with Crippen LogP contribution in [-0.4, -0.2) is 16.7 Å². The smallest absolute Gasteiger partial charge is 0.230 e. The Bertz CT molecular complexity index is 493. The van der Waals surface area contributed by atoms with Crippen molar-refractivity contribution in [1.29, 1.82) is 0 Å². The second-order valence-electron chi connectivity index (χ2n) is 4.43. The number of rotatable bonds is 6. The number of nitrogens with zero attached hydrogens (tertiary/aromatic N) is 2. The van der Waals surface area contributed by atoms with Crippen molar-refractivity contribution < 1.29 is 4.42 Å². The molecule has 0 fully saturated rings. The van der Waals surface area contributed by atoms with Crippen molar-refractivity contribution in [3.8, 4) is 0 Å². The fraction of sp³-hybridized carbons (Fsp3) is 0.429. The van der Waals surface area contributed by atoms with E-state index in [0.29, 0.717) is 24.7 Å². The quantitative estimate of drug-likeness (QED) is 0.794. The molecule has 1 heterocycles. The van der Waals surface area contributed by atoms with Crippen molar-refractivity contribution in [2.24, 2.45) is 0 Å². The van der Waals surface area contributed by atoms with E-state index in [1.807, 2.05) is 6.07 Å². The third kappa shape index (κ3) is 3.67. The van der Waals surface area contributed by atoms with Gasteiger partial charge >= 0.3 is 0 Å². The number of aromatic nitrogens is 2.